The van der Waals surface area contributed by atoms with Gasteiger partial charge < -0.3 is 15.4 Å². The van der Waals surface area contributed by atoms with E-state index in [4.69, 9.17) is 4.74 Å². The van der Waals surface area contributed by atoms with Crippen molar-refractivity contribution in [2.24, 2.45) is 0 Å². The molecule has 0 amide bonds. The summed E-state index contributed by atoms with van der Waals surface area (Å²) in [6.07, 6.45) is 1.70. The molecule has 9 heteroatoms. The van der Waals surface area contributed by atoms with Gasteiger partial charge in [0.1, 0.15) is 11.3 Å². The first-order chi connectivity index (χ1) is 14.1. The van der Waals surface area contributed by atoms with Crippen molar-refractivity contribution in [3.8, 4) is 0 Å². The van der Waals surface area contributed by atoms with Crippen LogP contribution in [0.4, 0.5) is 22.0 Å². The van der Waals surface area contributed by atoms with E-state index in [9.17, 15) is 4.39 Å². The van der Waals surface area contributed by atoms with E-state index in [0.29, 0.717) is 28.7 Å². The number of ether oxygens (including phenoxy) is 1. The minimum absolute atomic E-state index is 0. The number of morpholine rings is 1. The fourth-order valence-electron chi connectivity index (χ4n) is 3.39. The second-order valence-electron chi connectivity index (χ2n) is 7.29. The summed E-state index contributed by atoms with van der Waals surface area (Å²) in [6.45, 7) is 9.22. The smallest absolute Gasteiger partial charge is 0.224 e. The van der Waals surface area contributed by atoms with Gasteiger partial charge in [0.25, 0.3) is 0 Å². The lowest BCUT2D eigenvalue weighted by molar-refractivity contribution is 0.0398. The molecule has 1 saturated heterocycles. The molecule has 0 unspecified atom stereocenters. The van der Waals surface area contributed by atoms with Gasteiger partial charge in [0, 0.05) is 32.2 Å². The topological polar surface area (TPSA) is 80.1 Å². The maximum atomic E-state index is 14.1. The van der Waals surface area contributed by atoms with Crippen molar-refractivity contribution in [1.82, 2.24) is 24.4 Å². The largest absolute Gasteiger partial charge is 0.379 e. The lowest BCUT2D eigenvalue weighted by Crippen LogP contribution is -2.39. The van der Waals surface area contributed by atoms with Gasteiger partial charge in [-0.1, -0.05) is 19.6 Å². The summed E-state index contributed by atoms with van der Waals surface area (Å²) in [4.78, 5) is 16.0. The van der Waals surface area contributed by atoms with Gasteiger partial charge in [-0.3, -0.25) is 9.47 Å². The Morgan fingerprint density at radius 1 is 1.17 bits per heavy atom. The van der Waals surface area contributed by atoms with Crippen LogP contribution in [0.2, 0.25) is 0 Å². The van der Waals surface area contributed by atoms with Gasteiger partial charge >= 0.3 is 0 Å². The van der Waals surface area contributed by atoms with Crippen LogP contribution < -0.4 is 10.6 Å². The molecule has 1 fully saturated rings. The quantitative estimate of drug-likeness (QED) is 0.609. The molecule has 162 valence electrons. The van der Waals surface area contributed by atoms with Crippen LogP contribution in [0.25, 0.3) is 11.2 Å². The molecule has 30 heavy (non-hydrogen) atoms. The van der Waals surface area contributed by atoms with E-state index >= 15 is 0 Å². The highest BCUT2D eigenvalue weighted by atomic mass is 19.1. The van der Waals surface area contributed by atoms with E-state index in [2.05, 4.69) is 30.5 Å². The van der Waals surface area contributed by atoms with Gasteiger partial charge in [-0.25, -0.2) is 14.4 Å². The van der Waals surface area contributed by atoms with E-state index in [1.165, 1.54) is 6.07 Å². The molecule has 0 aliphatic carbocycles. The molecule has 3 aromatic rings. The molecule has 0 saturated carbocycles. The highest BCUT2D eigenvalue weighted by molar-refractivity contribution is 5.76. The van der Waals surface area contributed by atoms with Crippen LogP contribution in [0.15, 0.2) is 30.5 Å². The molecule has 0 spiro atoms. The molecule has 0 radical (unpaired) electrons. The summed E-state index contributed by atoms with van der Waals surface area (Å²) in [5, 5.41) is 6.38. The highest BCUT2D eigenvalue weighted by Crippen LogP contribution is 2.26. The minimum Gasteiger partial charge on any atom is -0.379 e. The van der Waals surface area contributed by atoms with Gasteiger partial charge in [-0.15, -0.1) is 0 Å². The zero-order valence-electron chi connectivity index (χ0n) is 16.7. The van der Waals surface area contributed by atoms with Crippen molar-refractivity contribution in [2.45, 2.75) is 27.3 Å². The highest BCUT2D eigenvalue weighted by Gasteiger charge is 2.17. The number of aromatic nitrogens is 4. The van der Waals surface area contributed by atoms with Crippen LogP contribution in [-0.2, 0) is 4.74 Å². The van der Waals surface area contributed by atoms with E-state index in [1.54, 1.807) is 24.4 Å². The first-order valence-corrected chi connectivity index (χ1v) is 9.92. The van der Waals surface area contributed by atoms with Crippen molar-refractivity contribution in [3.63, 3.8) is 0 Å². The van der Waals surface area contributed by atoms with Gasteiger partial charge in [-0.2, -0.15) is 4.98 Å². The van der Waals surface area contributed by atoms with Crippen molar-refractivity contribution in [3.05, 3.63) is 36.3 Å². The zero-order valence-corrected chi connectivity index (χ0v) is 16.7. The second kappa shape index (κ2) is 9.82. The van der Waals surface area contributed by atoms with Crippen LogP contribution in [0, 0.1) is 5.82 Å². The molecule has 8 nitrogen and oxygen atoms in total. The van der Waals surface area contributed by atoms with Gasteiger partial charge in [0.2, 0.25) is 11.9 Å². The fourth-order valence-corrected chi connectivity index (χ4v) is 3.39. The standard InChI is InChI=1S/C20H26FN7O.CH4/c1-14(2)28-18-17(25-20(28)24-16-6-4-3-5-15(16)21)13-23-19(26-18)22-7-8-27-9-11-29-12-10-27;/h3-6,13-14H,7-12H2,1-2H3,(H,24,25)(H,22,23,26);1H4. The number of fused-ring (bicyclic) bond motifs is 1. The average molecular weight is 416 g/mol. The van der Waals surface area contributed by atoms with Crippen molar-refractivity contribution in [1.29, 1.82) is 0 Å². The number of benzene rings is 1. The van der Waals surface area contributed by atoms with E-state index in [1.807, 2.05) is 18.4 Å². The number of rotatable bonds is 7. The Morgan fingerprint density at radius 3 is 2.67 bits per heavy atom. The third-order valence-corrected chi connectivity index (χ3v) is 4.88. The number of anilines is 3. The lowest BCUT2D eigenvalue weighted by atomic mass is 10.3. The average Bonchev–Trinajstić information content (AvgIpc) is 3.08. The molecule has 4 rings (SSSR count). The van der Waals surface area contributed by atoms with Crippen LogP contribution in [0.1, 0.15) is 27.3 Å². The Balaban J connectivity index is 0.00000256. The van der Waals surface area contributed by atoms with Crippen molar-refractivity contribution >= 4 is 28.7 Å². The van der Waals surface area contributed by atoms with Crippen molar-refractivity contribution < 1.29 is 9.13 Å². The fraction of sp³-hybridized carbons (Fsp3) is 0.476. The first-order valence-electron chi connectivity index (χ1n) is 9.92. The molecule has 2 N–H and O–H groups in total. The van der Waals surface area contributed by atoms with E-state index < -0.39 is 0 Å². The number of nitrogens with zero attached hydrogens (tertiary/aromatic N) is 5. The molecule has 2 aromatic heterocycles. The van der Waals surface area contributed by atoms with E-state index in [0.717, 1.165) is 39.4 Å². The normalized spacial score (nSPS) is 14.7. The van der Waals surface area contributed by atoms with Gasteiger partial charge in [0.05, 0.1) is 25.1 Å². The summed E-state index contributed by atoms with van der Waals surface area (Å²) in [5.41, 5.74) is 1.75. The molecule has 0 bridgehead atoms. The third kappa shape index (κ3) is 4.85. The molecule has 3 heterocycles. The second-order valence-corrected chi connectivity index (χ2v) is 7.29. The maximum absolute atomic E-state index is 14.1. The molecule has 0 atom stereocenters. The monoisotopic (exact) mass is 415 g/mol. The summed E-state index contributed by atoms with van der Waals surface area (Å²) >= 11 is 0. The van der Waals surface area contributed by atoms with Crippen molar-refractivity contribution in [2.75, 3.05) is 50.0 Å². The Hall–Kier alpha value is -2.78. The number of imidazole rings is 1. The first kappa shape index (κ1) is 21.9. The van der Waals surface area contributed by atoms with Crippen LogP contribution >= 0.6 is 0 Å². The molecule has 1 aliphatic heterocycles. The summed E-state index contributed by atoms with van der Waals surface area (Å²) in [6, 6.07) is 6.63. The van der Waals surface area contributed by atoms with Gasteiger partial charge in [0.15, 0.2) is 5.65 Å². The Bertz CT molecular complexity index is 969. The Morgan fingerprint density at radius 2 is 1.93 bits per heavy atom. The number of para-hydroxylation sites is 1. The number of hydrogen-bond acceptors (Lipinski definition) is 7. The zero-order chi connectivity index (χ0) is 20.2. The van der Waals surface area contributed by atoms with E-state index in [-0.39, 0.29) is 19.3 Å². The SMILES string of the molecule is C.CC(C)n1c(Nc2ccccc2F)nc2cnc(NCCN3CCOCC3)nc21. The van der Waals surface area contributed by atoms with Gasteiger partial charge in [-0.05, 0) is 26.0 Å². The Labute approximate surface area is 176 Å². The predicted molar refractivity (Wildman–Crippen MR) is 118 cm³/mol. The Kier molecular flexibility index (Phi) is 7.17. The third-order valence-electron chi connectivity index (χ3n) is 4.88. The lowest BCUT2D eigenvalue weighted by Gasteiger charge is -2.26. The van der Waals surface area contributed by atoms with Crippen LogP contribution in [-0.4, -0.2) is 63.8 Å². The molecular weight excluding hydrogens is 385 g/mol. The molecular formula is C21H30FN7O. The van der Waals surface area contributed by atoms with Crippen LogP contribution in [0.3, 0.4) is 0 Å². The maximum Gasteiger partial charge on any atom is 0.224 e. The minimum atomic E-state index is -0.327. The molecule has 1 aromatic carbocycles. The summed E-state index contributed by atoms with van der Waals surface area (Å²) in [7, 11) is 0. The molecule has 1 aliphatic rings. The van der Waals surface area contributed by atoms with Crippen LogP contribution in [0.5, 0.6) is 0 Å². The summed E-state index contributed by atoms with van der Waals surface area (Å²) < 4.78 is 21.4. The number of hydrogen-bond donors (Lipinski definition) is 2. The number of halogens is 1. The number of nitrogens with one attached hydrogen (secondary N) is 2. The predicted octanol–water partition coefficient (Wildman–Crippen LogP) is 3.67. The summed E-state index contributed by atoms with van der Waals surface area (Å²) in [5.74, 6) is 0.774.